The summed E-state index contributed by atoms with van der Waals surface area (Å²) in [5, 5.41) is 10.9. The minimum Gasteiger partial charge on any atom is -0.454 e. The topological polar surface area (TPSA) is 124 Å². The number of Topliss-reactive ketones (excluding diaryl/α,β-unsaturated/α-hetero) is 1. The summed E-state index contributed by atoms with van der Waals surface area (Å²) < 4.78 is 5.14. The molecule has 1 heterocycles. The van der Waals surface area contributed by atoms with Crippen LogP contribution < -0.4 is 4.90 Å². The minimum atomic E-state index is -0.872. The number of imide groups is 1. The van der Waals surface area contributed by atoms with Gasteiger partial charge in [-0.05, 0) is 30.4 Å². The molecule has 0 spiro atoms. The molecule has 1 aliphatic heterocycles. The fourth-order valence-electron chi connectivity index (χ4n) is 5.07. The minimum absolute atomic E-state index is 0.00804. The van der Waals surface area contributed by atoms with Crippen LogP contribution in [0.4, 0.5) is 11.4 Å². The van der Waals surface area contributed by atoms with Crippen LogP contribution >= 0.6 is 0 Å². The lowest BCUT2D eigenvalue weighted by Gasteiger charge is -2.19. The van der Waals surface area contributed by atoms with Gasteiger partial charge in [-0.1, -0.05) is 36.4 Å². The van der Waals surface area contributed by atoms with Gasteiger partial charge in [-0.15, -0.1) is 0 Å². The fourth-order valence-corrected chi connectivity index (χ4v) is 5.07. The van der Waals surface area contributed by atoms with E-state index < -0.39 is 35.1 Å². The molecule has 33 heavy (non-hydrogen) atoms. The summed E-state index contributed by atoms with van der Waals surface area (Å²) >= 11 is 0. The molecule has 0 aromatic heterocycles. The molecule has 166 valence electrons. The summed E-state index contributed by atoms with van der Waals surface area (Å²) in [4.78, 5) is 62.7. The van der Waals surface area contributed by atoms with Crippen LogP contribution in [0.25, 0.3) is 0 Å². The largest absolute Gasteiger partial charge is 0.454 e. The number of allylic oxidation sites excluding steroid dienone is 2. The van der Waals surface area contributed by atoms with Crippen LogP contribution in [0.2, 0.25) is 0 Å². The van der Waals surface area contributed by atoms with Gasteiger partial charge in [0.25, 0.3) is 5.69 Å². The number of carbonyl (C=O) groups excluding carboxylic acids is 4. The maximum Gasteiger partial charge on any atom is 0.340 e. The highest BCUT2D eigenvalue weighted by molar-refractivity contribution is 6.24. The predicted octanol–water partition coefficient (Wildman–Crippen LogP) is 2.95. The lowest BCUT2D eigenvalue weighted by Crippen LogP contribution is -2.34. The first-order valence-electron chi connectivity index (χ1n) is 10.5. The van der Waals surface area contributed by atoms with Crippen LogP contribution in [0.15, 0.2) is 60.7 Å². The van der Waals surface area contributed by atoms with Crippen molar-refractivity contribution in [3.05, 3.63) is 81.9 Å². The summed E-state index contributed by atoms with van der Waals surface area (Å²) in [5.74, 6) is -2.89. The van der Waals surface area contributed by atoms with Crippen molar-refractivity contribution in [1.29, 1.82) is 0 Å². The molecular formula is C24H18N2O7. The van der Waals surface area contributed by atoms with E-state index in [0.717, 1.165) is 17.4 Å². The number of fused-ring (bicyclic) bond motifs is 5. The molecule has 2 aromatic rings. The van der Waals surface area contributed by atoms with Gasteiger partial charge in [0.2, 0.25) is 17.6 Å². The zero-order valence-electron chi connectivity index (χ0n) is 17.2. The lowest BCUT2D eigenvalue weighted by molar-refractivity contribution is -0.384. The molecule has 0 unspecified atom stereocenters. The Balaban J connectivity index is 1.34. The number of ether oxygens (including phenoxy) is 1. The number of carbonyl (C=O) groups is 4. The van der Waals surface area contributed by atoms with Gasteiger partial charge < -0.3 is 4.74 Å². The molecule has 5 rings (SSSR count). The number of rotatable bonds is 6. The molecule has 2 aromatic carbocycles. The van der Waals surface area contributed by atoms with E-state index in [0.29, 0.717) is 0 Å². The third-order valence-corrected chi connectivity index (χ3v) is 6.55. The number of hydrogen-bond acceptors (Lipinski definition) is 7. The monoisotopic (exact) mass is 446 g/mol. The molecule has 3 aliphatic rings. The Labute approximate surface area is 187 Å². The van der Waals surface area contributed by atoms with E-state index in [-0.39, 0.29) is 46.2 Å². The number of hydrogen-bond donors (Lipinski definition) is 0. The van der Waals surface area contributed by atoms with Gasteiger partial charge in [0.05, 0.1) is 28.0 Å². The second kappa shape index (κ2) is 7.77. The van der Waals surface area contributed by atoms with Crippen molar-refractivity contribution >= 4 is 34.9 Å². The lowest BCUT2D eigenvalue weighted by atomic mass is 9.85. The molecule has 9 heteroatoms. The van der Waals surface area contributed by atoms with Crippen molar-refractivity contribution in [2.75, 3.05) is 11.5 Å². The van der Waals surface area contributed by atoms with Crippen molar-refractivity contribution in [3.8, 4) is 0 Å². The summed E-state index contributed by atoms with van der Waals surface area (Å²) in [5.41, 5.74) is -0.0935. The van der Waals surface area contributed by atoms with Gasteiger partial charge in [-0.3, -0.25) is 24.5 Å². The number of nitrogens with zero attached hydrogens (tertiary/aromatic N) is 2. The first-order valence-corrected chi connectivity index (χ1v) is 10.5. The van der Waals surface area contributed by atoms with Crippen molar-refractivity contribution in [2.24, 2.45) is 23.7 Å². The van der Waals surface area contributed by atoms with E-state index in [2.05, 4.69) is 0 Å². The molecule has 1 saturated carbocycles. The highest BCUT2D eigenvalue weighted by Gasteiger charge is 2.59. The third kappa shape index (κ3) is 3.32. The number of nitro benzene ring substituents is 1. The maximum absolute atomic E-state index is 13.1. The summed E-state index contributed by atoms with van der Waals surface area (Å²) in [7, 11) is 0. The zero-order chi connectivity index (χ0) is 23.3. The Bertz CT molecular complexity index is 1220. The van der Waals surface area contributed by atoms with Gasteiger partial charge in [-0.25, -0.2) is 9.69 Å². The first-order chi connectivity index (χ1) is 15.9. The Morgan fingerprint density at radius 3 is 2.33 bits per heavy atom. The van der Waals surface area contributed by atoms with Gasteiger partial charge in [0, 0.05) is 17.7 Å². The molecule has 2 bridgehead atoms. The Morgan fingerprint density at radius 2 is 1.67 bits per heavy atom. The van der Waals surface area contributed by atoms with Crippen molar-refractivity contribution in [1.82, 2.24) is 0 Å². The van der Waals surface area contributed by atoms with E-state index in [1.165, 1.54) is 30.3 Å². The number of ketones is 1. The van der Waals surface area contributed by atoms with Crippen LogP contribution in [-0.4, -0.2) is 35.1 Å². The number of para-hydroxylation sites is 1. The molecular weight excluding hydrogens is 428 g/mol. The number of nitro groups is 1. The summed E-state index contributed by atoms with van der Waals surface area (Å²) in [6, 6.07) is 11.2. The number of amides is 2. The molecule has 2 fully saturated rings. The first kappa shape index (κ1) is 20.7. The highest BCUT2D eigenvalue weighted by atomic mass is 16.6. The molecule has 9 nitrogen and oxygen atoms in total. The molecule has 2 amide bonds. The SMILES string of the molecule is O=C(COC(=O)c1ccccc1N1C(=O)[C@H]2[C@H](C1=O)[C@H]1C=C[C@H]2C1)c1cccc([N+](=O)[O-])c1. The van der Waals surface area contributed by atoms with Gasteiger partial charge in [0.1, 0.15) is 0 Å². The second-order valence-corrected chi connectivity index (χ2v) is 8.34. The van der Waals surface area contributed by atoms with Crippen LogP contribution in [-0.2, 0) is 14.3 Å². The number of benzene rings is 2. The quantitative estimate of drug-likeness (QED) is 0.167. The highest BCUT2D eigenvalue weighted by Crippen LogP contribution is 2.53. The van der Waals surface area contributed by atoms with E-state index >= 15 is 0 Å². The Morgan fingerprint density at radius 1 is 1.00 bits per heavy atom. The van der Waals surface area contributed by atoms with Crippen molar-refractivity contribution in [2.45, 2.75) is 6.42 Å². The van der Waals surface area contributed by atoms with Crippen LogP contribution in [0.3, 0.4) is 0 Å². The van der Waals surface area contributed by atoms with Crippen LogP contribution in [0.1, 0.15) is 27.1 Å². The third-order valence-electron chi connectivity index (χ3n) is 6.55. The van der Waals surface area contributed by atoms with E-state index in [4.69, 9.17) is 4.74 Å². The zero-order valence-corrected chi connectivity index (χ0v) is 17.2. The van der Waals surface area contributed by atoms with Crippen molar-refractivity contribution in [3.63, 3.8) is 0 Å². The summed E-state index contributed by atoms with van der Waals surface area (Å²) in [6.07, 6.45) is 4.77. The van der Waals surface area contributed by atoms with E-state index in [1.807, 2.05) is 12.2 Å². The van der Waals surface area contributed by atoms with Gasteiger partial charge >= 0.3 is 5.97 Å². The van der Waals surface area contributed by atoms with Crippen LogP contribution in [0, 0.1) is 33.8 Å². The van der Waals surface area contributed by atoms with E-state index in [1.54, 1.807) is 12.1 Å². The fraction of sp³-hybridized carbons (Fsp3) is 0.250. The average Bonchev–Trinajstić information content (AvgIpc) is 3.51. The Kier molecular flexibility index (Phi) is 4.88. The molecule has 4 atom stereocenters. The second-order valence-electron chi connectivity index (χ2n) is 8.34. The van der Waals surface area contributed by atoms with Crippen LogP contribution in [0.5, 0.6) is 0 Å². The number of non-ortho nitro benzene ring substituents is 1. The smallest absolute Gasteiger partial charge is 0.340 e. The normalized spacial score (nSPS) is 24.8. The maximum atomic E-state index is 13.1. The van der Waals surface area contributed by atoms with Gasteiger partial charge in [0.15, 0.2) is 6.61 Å². The predicted molar refractivity (Wildman–Crippen MR) is 114 cm³/mol. The summed E-state index contributed by atoms with van der Waals surface area (Å²) in [6.45, 7) is -0.643. The molecule has 0 N–H and O–H groups in total. The van der Waals surface area contributed by atoms with E-state index in [9.17, 15) is 29.3 Å². The molecule has 2 aliphatic carbocycles. The molecule has 1 saturated heterocycles. The van der Waals surface area contributed by atoms with Crippen molar-refractivity contribution < 1.29 is 28.8 Å². The average molecular weight is 446 g/mol. The number of esters is 1. The Hall–Kier alpha value is -4.14. The standard InChI is InChI=1S/C24H18N2O7/c27-19(13-4-3-5-16(11-13)26(31)32)12-33-24(30)17-6-1-2-7-18(17)25-22(28)20-14-8-9-15(10-14)21(20)23(25)29/h1-9,11,14-15,20-21H,10,12H2/t14-,15-,20+,21+/m0/s1. The number of anilines is 1. The molecule has 0 radical (unpaired) electrons. The van der Waals surface area contributed by atoms with Gasteiger partial charge in [-0.2, -0.15) is 0 Å².